The molecule has 36 heavy (non-hydrogen) atoms. The molecule has 1 aliphatic carbocycles. The number of carbonyl (C=O) groups excluding carboxylic acids is 2. The maximum absolute atomic E-state index is 14.6. The van der Waals surface area contributed by atoms with Gasteiger partial charge in [0.05, 0.1) is 30.4 Å². The third-order valence-corrected chi connectivity index (χ3v) is 8.00. The summed E-state index contributed by atoms with van der Waals surface area (Å²) in [7, 11) is 0. The first kappa shape index (κ1) is 24.7. The quantitative estimate of drug-likeness (QED) is 0.550. The molecule has 3 fully saturated rings. The second kappa shape index (κ2) is 10.6. The minimum atomic E-state index is -0.570. The number of hydrogen-bond acceptors (Lipinski definition) is 6. The number of anilines is 1. The van der Waals surface area contributed by atoms with Crippen molar-refractivity contribution in [3.8, 4) is 5.75 Å². The highest BCUT2D eigenvalue weighted by atomic mass is 35.5. The number of amides is 2. The maximum Gasteiger partial charge on any atom is 0.240 e. The Morgan fingerprint density at radius 2 is 1.89 bits per heavy atom. The standard InChI is InChI=1S/C26H31ClFN5O3/c27-19-14-30-26(31-15-19)32-7-3-16(4-8-32)21-11-17(21)6-10-36-20-2-1-18(22(28)13-20)12-24(34)33-9-5-23(33)25(29)35/h1-2,13-17,21,23H,3-12H2,(H2,29,35)/t17?,21-,23?/m1/s1. The van der Waals surface area contributed by atoms with Crippen molar-refractivity contribution >= 4 is 29.4 Å². The minimum Gasteiger partial charge on any atom is -0.493 e. The second-order valence-corrected chi connectivity index (χ2v) is 10.5. The van der Waals surface area contributed by atoms with Crippen LogP contribution in [-0.4, -0.2) is 59.0 Å². The van der Waals surface area contributed by atoms with Gasteiger partial charge in [-0.2, -0.15) is 0 Å². The molecule has 0 bridgehead atoms. The fraction of sp³-hybridized carbons (Fsp3) is 0.538. The van der Waals surface area contributed by atoms with Gasteiger partial charge in [-0.25, -0.2) is 14.4 Å². The Balaban J connectivity index is 1.02. The Hall–Kier alpha value is -2.94. The lowest BCUT2D eigenvalue weighted by Crippen LogP contribution is -2.57. The van der Waals surface area contributed by atoms with Crippen molar-refractivity contribution < 1.29 is 18.7 Å². The number of ether oxygens (including phenoxy) is 1. The van der Waals surface area contributed by atoms with Gasteiger partial charge in [0.15, 0.2) is 0 Å². The molecule has 192 valence electrons. The zero-order valence-corrected chi connectivity index (χ0v) is 20.9. The molecule has 2 aliphatic heterocycles. The number of hydrogen-bond donors (Lipinski definition) is 1. The van der Waals surface area contributed by atoms with Gasteiger partial charge in [-0.05, 0) is 61.5 Å². The van der Waals surface area contributed by atoms with E-state index in [1.54, 1.807) is 24.5 Å². The van der Waals surface area contributed by atoms with Crippen LogP contribution in [0.4, 0.5) is 10.3 Å². The summed E-state index contributed by atoms with van der Waals surface area (Å²) in [5.41, 5.74) is 5.58. The Morgan fingerprint density at radius 1 is 1.14 bits per heavy atom. The van der Waals surface area contributed by atoms with Crippen LogP contribution in [0.25, 0.3) is 0 Å². The van der Waals surface area contributed by atoms with Gasteiger partial charge in [0, 0.05) is 25.7 Å². The molecule has 2 unspecified atom stereocenters. The van der Waals surface area contributed by atoms with Crippen LogP contribution in [-0.2, 0) is 16.0 Å². The largest absolute Gasteiger partial charge is 0.493 e. The predicted molar refractivity (Wildman–Crippen MR) is 133 cm³/mol. The summed E-state index contributed by atoms with van der Waals surface area (Å²) >= 11 is 5.88. The topological polar surface area (TPSA) is 102 Å². The third-order valence-electron chi connectivity index (χ3n) is 7.80. The number of piperidine rings is 1. The van der Waals surface area contributed by atoms with Crippen molar-refractivity contribution in [3.63, 3.8) is 0 Å². The summed E-state index contributed by atoms with van der Waals surface area (Å²) in [6.45, 7) is 2.94. The number of aromatic nitrogens is 2. The number of rotatable bonds is 9. The van der Waals surface area contributed by atoms with E-state index < -0.39 is 17.8 Å². The van der Waals surface area contributed by atoms with Gasteiger partial charge in [-0.15, -0.1) is 0 Å². The molecule has 3 atom stereocenters. The summed E-state index contributed by atoms with van der Waals surface area (Å²) in [6, 6.07) is 4.05. The molecule has 0 radical (unpaired) electrons. The van der Waals surface area contributed by atoms with E-state index in [2.05, 4.69) is 14.9 Å². The van der Waals surface area contributed by atoms with Gasteiger partial charge < -0.3 is 20.3 Å². The molecule has 1 aromatic heterocycles. The first-order valence-electron chi connectivity index (χ1n) is 12.6. The second-order valence-electron chi connectivity index (χ2n) is 10.0. The molecule has 0 spiro atoms. The van der Waals surface area contributed by atoms with Crippen molar-refractivity contribution in [2.45, 2.75) is 44.6 Å². The number of nitrogens with two attached hydrogens (primary N) is 1. The van der Waals surface area contributed by atoms with E-state index in [9.17, 15) is 14.0 Å². The van der Waals surface area contributed by atoms with E-state index >= 15 is 0 Å². The van der Waals surface area contributed by atoms with Crippen molar-refractivity contribution in [3.05, 3.63) is 47.0 Å². The zero-order valence-electron chi connectivity index (χ0n) is 20.1. The molecule has 5 rings (SSSR count). The van der Waals surface area contributed by atoms with Crippen LogP contribution >= 0.6 is 11.6 Å². The first-order chi connectivity index (χ1) is 17.4. The average molecular weight is 516 g/mol. The lowest BCUT2D eigenvalue weighted by atomic mass is 9.90. The Labute approximate surface area is 215 Å². The van der Waals surface area contributed by atoms with Crippen molar-refractivity contribution in [2.24, 2.45) is 23.5 Å². The van der Waals surface area contributed by atoms with Crippen LogP contribution in [0.1, 0.15) is 37.7 Å². The van der Waals surface area contributed by atoms with Crippen molar-refractivity contribution in [1.82, 2.24) is 14.9 Å². The predicted octanol–water partition coefficient (Wildman–Crippen LogP) is 3.22. The molecule has 3 heterocycles. The van der Waals surface area contributed by atoms with Crippen LogP contribution in [0.15, 0.2) is 30.6 Å². The molecule has 8 nitrogen and oxygen atoms in total. The van der Waals surface area contributed by atoms with Crippen LogP contribution in [0, 0.1) is 23.6 Å². The van der Waals surface area contributed by atoms with Crippen LogP contribution < -0.4 is 15.4 Å². The Morgan fingerprint density at radius 3 is 2.53 bits per heavy atom. The normalized spacial score (nSPS) is 23.8. The number of halogens is 2. The highest BCUT2D eigenvalue weighted by molar-refractivity contribution is 6.30. The minimum absolute atomic E-state index is 0.0946. The number of likely N-dealkylation sites (tertiary alicyclic amines) is 1. The SMILES string of the molecule is NC(=O)C1CCN1C(=O)Cc1ccc(OCCC2C[C@@H]2C2CCN(c3ncc(Cl)cn3)CC2)cc1F. The van der Waals surface area contributed by atoms with Crippen molar-refractivity contribution in [2.75, 3.05) is 31.1 Å². The molecule has 2 saturated heterocycles. The van der Waals surface area contributed by atoms with Gasteiger partial charge >= 0.3 is 0 Å². The lowest BCUT2D eigenvalue weighted by molar-refractivity contribution is -0.145. The number of carbonyl (C=O) groups is 2. The fourth-order valence-electron chi connectivity index (χ4n) is 5.51. The molecule has 1 saturated carbocycles. The van der Waals surface area contributed by atoms with E-state index in [1.165, 1.54) is 17.4 Å². The van der Waals surface area contributed by atoms with Gasteiger partial charge in [0.1, 0.15) is 17.6 Å². The highest BCUT2D eigenvalue weighted by Crippen LogP contribution is 2.49. The van der Waals surface area contributed by atoms with Gasteiger partial charge in [-0.1, -0.05) is 17.7 Å². The highest BCUT2D eigenvalue weighted by Gasteiger charge is 2.43. The average Bonchev–Trinajstić information content (AvgIpc) is 3.60. The molecule has 3 aliphatic rings. The number of benzene rings is 1. The molecular weight excluding hydrogens is 485 g/mol. The van der Waals surface area contributed by atoms with E-state index in [0.717, 1.165) is 44.2 Å². The monoisotopic (exact) mass is 515 g/mol. The Bertz CT molecular complexity index is 1110. The molecule has 2 amide bonds. The first-order valence-corrected chi connectivity index (χ1v) is 13.0. The van der Waals surface area contributed by atoms with E-state index in [0.29, 0.717) is 47.7 Å². The Kier molecular flexibility index (Phi) is 7.27. The van der Waals surface area contributed by atoms with Crippen LogP contribution in [0.2, 0.25) is 5.02 Å². The molecule has 10 heteroatoms. The summed E-state index contributed by atoms with van der Waals surface area (Å²) in [5.74, 6) is 2.04. The summed E-state index contributed by atoms with van der Waals surface area (Å²) < 4.78 is 20.4. The van der Waals surface area contributed by atoms with E-state index in [4.69, 9.17) is 22.1 Å². The molecular formula is C26H31ClFN5O3. The van der Waals surface area contributed by atoms with E-state index in [1.807, 2.05) is 0 Å². The van der Waals surface area contributed by atoms with Crippen LogP contribution in [0.3, 0.4) is 0 Å². The van der Waals surface area contributed by atoms with Gasteiger partial charge in [0.2, 0.25) is 17.8 Å². The summed E-state index contributed by atoms with van der Waals surface area (Å²) in [6.07, 6.45) is 8.20. The summed E-state index contributed by atoms with van der Waals surface area (Å²) in [4.78, 5) is 36.0. The van der Waals surface area contributed by atoms with Crippen LogP contribution in [0.5, 0.6) is 5.75 Å². The third kappa shape index (κ3) is 5.56. The summed E-state index contributed by atoms with van der Waals surface area (Å²) in [5, 5.41) is 0.548. The fourth-order valence-corrected chi connectivity index (χ4v) is 5.61. The molecule has 2 N–H and O–H groups in total. The van der Waals surface area contributed by atoms with Crippen molar-refractivity contribution in [1.29, 1.82) is 0 Å². The van der Waals surface area contributed by atoms with E-state index in [-0.39, 0.29) is 12.3 Å². The molecule has 1 aromatic carbocycles. The smallest absolute Gasteiger partial charge is 0.240 e. The van der Waals surface area contributed by atoms with Gasteiger partial charge in [0.25, 0.3) is 0 Å². The van der Waals surface area contributed by atoms with Gasteiger partial charge in [-0.3, -0.25) is 9.59 Å². The zero-order chi connectivity index (χ0) is 25.2. The maximum atomic E-state index is 14.6. The number of primary amides is 1. The number of nitrogens with zero attached hydrogens (tertiary/aromatic N) is 4. The lowest BCUT2D eigenvalue weighted by Gasteiger charge is -2.38. The molecule has 2 aromatic rings.